The maximum atomic E-state index is 10.2. The molecule has 0 bridgehead atoms. The number of aromatic amines is 2. The Bertz CT molecular complexity index is 419. The van der Waals surface area contributed by atoms with Gasteiger partial charge in [0.05, 0.1) is 0 Å². The zero-order valence-corrected chi connectivity index (χ0v) is 8.53. The molecule has 1 saturated heterocycles. The Balaban J connectivity index is 0.000000160. The van der Waals surface area contributed by atoms with Crippen molar-refractivity contribution in [2.75, 3.05) is 6.54 Å². The van der Waals surface area contributed by atoms with Crippen LogP contribution >= 0.6 is 0 Å². The second kappa shape index (κ2) is 5.86. The Morgan fingerprint density at radius 1 is 1.44 bits per heavy atom. The summed E-state index contributed by atoms with van der Waals surface area (Å²) in [7, 11) is 0. The highest BCUT2D eigenvalue weighted by Gasteiger charge is 2.20. The van der Waals surface area contributed by atoms with Crippen LogP contribution in [0.25, 0.3) is 0 Å². The van der Waals surface area contributed by atoms with E-state index in [0.717, 1.165) is 19.4 Å². The lowest BCUT2D eigenvalue weighted by Crippen LogP contribution is -2.29. The summed E-state index contributed by atoms with van der Waals surface area (Å²) in [6.45, 7) is 0.858. The van der Waals surface area contributed by atoms with E-state index in [1.807, 2.05) is 4.98 Å². The molecule has 1 aromatic heterocycles. The van der Waals surface area contributed by atoms with Crippen LogP contribution in [0.15, 0.2) is 21.9 Å². The molecule has 2 heterocycles. The molecule has 1 atom stereocenters. The number of carboxylic acids is 1. The molecule has 4 N–H and O–H groups in total. The fourth-order valence-corrected chi connectivity index (χ4v) is 1.28. The quantitative estimate of drug-likeness (QED) is 0.485. The summed E-state index contributed by atoms with van der Waals surface area (Å²) in [5.74, 6) is -0.720. The van der Waals surface area contributed by atoms with E-state index in [1.54, 1.807) is 0 Å². The Kier molecular flexibility index (Phi) is 4.46. The van der Waals surface area contributed by atoms with E-state index in [2.05, 4.69) is 10.3 Å². The van der Waals surface area contributed by atoms with Gasteiger partial charge in [0.1, 0.15) is 6.04 Å². The van der Waals surface area contributed by atoms with Gasteiger partial charge < -0.3 is 15.4 Å². The van der Waals surface area contributed by atoms with Gasteiger partial charge in [-0.2, -0.15) is 0 Å². The topological polar surface area (TPSA) is 115 Å². The lowest BCUT2D eigenvalue weighted by Gasteiger charge is -1.99. The molecular formula is C9H13N3O4. The van der Waals surface area contributed by atoms with Crippen molar-refractivity contribution in [2.45, 2.75) is 18.9 Å². The second-order valence-electron chi connectivity index (χ2n) is 3.28. The number of carboxylic acid groups (broad SMARTS) is 1. The van der Waals surface area contributed by atoms with Gasteiger partial charge in [-0.25, -0.2) is 4.79 Å². The molecule has 16 heavy (non-hydrogen) atoms. The van der Waals surface area contributed by atoms with Gasteiger partial charge >= 0.3 is 11.7 Å². The third-order valence-corrected chi connectivity index (χ3v) is 2.04. The number of aromatic nitrogens is 2. The number of nitrogens with one attached hydrogen (secondary N) is 3. The fourth-order valence-electron chi connectivity index (χ4n) is 1.28. The molecule has 1 fully saturated rings. The summed E-state index contributed by atoms with van der Waals surface area (Å²) in [5.41, 5.74) is -0.855. The molecule has 2 rings (SSSR count). The van der Waals surface area contributed by atoms with Crippen molar-refractivity contribution in [3.63, 3.8) is 0 Å². The SMILES string of the molecule is O=C(O)C1CCCN1.O=c1cc[nH]c(=O)[nH]1. The lowest BCUT2D eigenvalue weighted by molar-refractivity contribution is -0.139. The molecule has 1 aromatic rings. The van der Waals surface area contributed by atoms with E-state index < -0.39 is 11.7 Å². The minimum absolute atomic E-state index is 0.269. The molecule has 1 aliphatic rings. The summed E-state index contributed by atoms with van der Waals surface area (Å²) in [6.07, 6.45) is 3.08. The van der Waals surface area contributed by atoms with Gasteiger partial charge in [0.15, 0.2) is 0 Å². The first kappa shape index (κ1) is 12.2. The third-order valence-electron chi connectivity index (χ3n) is 2.04. The van der Waals surface area contributed by atoms with E-state index in [1.165, 1.54) is 12.3 Å². The smallest absolute Gasteiger partial charge is 0.325 e. The highest BCUT2D eigenvalue weighted by atomic mass is 16.4. The molecule has 0 amide bonds. The summed E-state index contributed by atoms with van der Waals surface area (Å²) >= 11 is 0. The van der Waals surface area contributed by atoms with Crippen molar-refractivity contribution in [2.24, 2.45) is 0 Å². The van der Waals surface area contributed by atoms with Crippen LogP contribution in [0.4, 0.5) is 0 Å². The zero-order valence-electron chi connectivity index (χ0n) is 8.53. The predicted molar refractivity (Wildman–Crippen MR) is 56.3 cm³/mol. The molecule has 1 unspecified atom stereocenters. The van der Waals surface area contributed by atoms with Crippen LogP contribution < -0.4 is 16.6 Å². The first-order chi connectivity index (χ1) is 7.59. The number of aliphatic carboxylic acids is 1. The normalized spacial score (nSPS) is 18.6. The summed E-state index contributed by atoms with van der Waals surface area (Å²) in [5, 5.41) is 11.2. The molecule has 7 heteroatoms. The molecule has 1 aliphatic heterocycles. The average molecular weight is 227 g/mol. The van der Waals surface area contributed by atoms with Gasteiger partial charge in [-0.05, 0) is 19.4 Å². The van der Waals surface area contributed by atoms with E-state index >= 15 is 0 Å². The largest absolute Gasteiger partial charge is 0.480 e. The Morgan fingerprint density at radius 2 is 2.19 bits per heavy atom. The molecule has 0 aliphatic carbocycles. The van der Waals surface area contributed by atoms with Gasteiger partial charge in [-0.1, -0.05) is 0 Å². The summed E-state index contributed by atoms with van der Waals surface area (Å²) in [4.78, 5) is 34.8. The number of hydrogen-bond acceptors (Lipinski definition) is 4. The monoisotopic (exact) mass is 227 g/mol. The van der Waals surface area contributed by atoms with Crippen LogP contribution in [-0.2, 0) is 4.79 Å². The van der Waals surface area contributed by atoms with Crippen LogP contribution in [0.1, 0.15) is 12.8 Å². The van der Waals surface area contributed by atoms with Gasteiger partial charge in [0.25, 0.3) is 5.56 Å². The number of hydrogen-bond donors (Lipinski definition) is 4. The number of H-pyrrole nitrogens is 2. The maximum absolute atomic E-state index is 10.2. The van der Waals surface area contributed by atoms with Crippen molar-refractivity contribution >= 4 is 5.97 Å². The maximum Gasteiger partial charge on any atom is 0.325 e. The minimum Gasteiger partial charge on any atom is -0.480 e. The molecular weight excluding hydrogens is 214 g/mol. The predicted octanol–water partition coefficient (Wildman–Crippen LogP) is -1.11. The lowest BCUT2D eigenvalue weighted by atomic mass is 10.2. The molecule has 0 spiro atoms. The first-order valence-electron chi connectivity index (χ1n) is 4.84. The standard InChI is InChI=1S/C5H9NO2.C4H4N2O2/c7-5(8)4-2-1-3-6-4;7-3-1-2-5-4(8)6-3/h4,6H,1-3H2,(H,7,8);1-2H,(H2,5,6,7,8). The molecule has 0 aromatic carbocycles. The highest BCUT2D eigenvalue weighted by Crippen LogP contribution is 2.03. The highest BCUT2D eigenvalue weighted by molar-refractivity contribution is 5.73. The van der Waals surface area contributed by atoms with E-state index in [0.29, 0.717) is 0 Å². The summed E-state index contributed by atoms with van der Waals surface area (Å²) < 4.78 is 0. The van der Waals surface area contributed by atoms with E-state index in [-0.39, 0.29) is 11.6 Å². The number of rotatable bonds is 1. The van der Waals surface area contributed by atoms with Crippen LogP contribution in [0.5, 0.6) is 0 Å². The molecule has 0 radical (unpaired) electrons. The van der Waals surface area contributed by atoms with Crippen molar-refractivity contribution in [3.05, 3.63) is 33.1 Å². The van der Waals surface area contributed by atoms with Crippen molar-refractivity contribution < 1.29 is 9.90 Å². The number of carbonyl (C=O) groups is 1. The van der Waals surface area contributed by atoms with E-state index in [9.17, 15) is 14.4 Å². The van der Waals surface area contributed by atoms with Crippen LogP contribution in [0, 0.1) is 0 Å². The van der Waals surface area contributed by atoms with Gasteiger partial charge in [0.2, 0.25) is 0 Å². The fraction of sp³-hybridized carbons (Fsp3) is 0.444. The molecule has 88 valence electrons. The second-order valence-corrected chi connectivity index (χ2v) is 3.28. The van der Waals surface area contributed by atoms with Gasteiger partial charge in [0, 0.05) is 12.3 Å². The van der Waals surface area contributed by atoms with Crippen LogP contribution in [-0.4, -0.2) is 33.6 Å². The van der Waals surface area contributed by atoms with Crippen molar-refractivity contribution in [1.82, 2.24) is 15.3 Å². The average Bonchev–Trinajstić information content (AvgIpc) is 2.70. The van der Waals surface area contributed by atoms with Gasteiger partial charge in [-0.3, -0.25) is 14.6 Å². The first-order valence-corrected chi connectivity index (χ1v) is 4.84. The van der Waals surface area contributed by atoms with Crippen molar-refractivity contribution in [3.8, 4) is 0 Å². The van der Waals surface area contributed by atoms with Gasteiger partial charge in [-0.15, -0.1) is 0 Å². The zero-order chi connectivity index (χ0) is 12.0. The van der Waals surface area contributed by atoms with E-state index in [4.69, 9.17) is 5.11 Å². The van der Waals surface area contributed by atoms with Crippen LogP contribution in [0.2, 0.25) is 0 Å². The Morgan fingerprint density at radius 3 is 2.50 bits per heavy atom. The summed E-state index contributed by atoms with van der Waals surface area (Å²) in [6, 6.07) is 0.969. The Hall–Kier alpha value is -1.89. The molecule has 0 saturated carbocycles. The minimum atomic E-state index is -0.720. The van der Waals surface area contributed by atoms with Crippen molar-refractivity contribution in [1.29, 1.82) is 0 Å². The third kappa shape index (κ3) is 4.09. The Labute approximate surface area is 90.5 Å². The van der Waals surface area contributed by atoms with Crippen LogP contribution in [0.3, 0.4) is 0 Å². The molecule has 7 nitrogen and oxygen atoms in total.